The number of hydrogen-bond donors (Lipinski definition) is 2. The number of carbonyl (C=O) groups excluding carboxylic acids is 1. The number of amides is 1. The van der Waals surface area contributed by atoms with Crippen molar-refractivity contribution in [3.8, 4) is 0 Å². The molecule has 1 saturated carbocycles. The number of carbonyl (C=O) groups is 1. The predicted octanol–water partition coefficient (Wildman–Crippen LogP) is 2.36. The molecule has 2 heterocycles. The van der Waals surface area contributed by atoms with Gasteiger partial charge in [-0.05, 0) is 31.0 Å². The third-order valence-electron chi connectivity index (χ3n) is 4.22. The van der Waals surface area contributed by atoms with Gasteiger partial charge in [0, 0.05) is 23.3 Å². The minimum atomic E-state index is -3.31. The first-order valence-electron chi connectivity index (χ1n) is 8.77. The maximum absolute atomic E-state index is 12.7. The average molecular weight is 431 g/mol. The fraction of sp³-hybridized carbons (Fsp3) is 0.222. The molecule has 0 unspecified atom stereocenters. The van der Waals surface area contributed by atoms with E-state index in [0.29, 0.717) is 29.2 Å². The summed E-state index contributed by atoms with van der Waals surface area (Å²) in [6.07, 6.45) is 4.53. The van der Waals surface area contributed by atoms with Crippen LogP contribution in [-0.2, 0) is 26.1 Å². The van der Waals surface area contributed by atoms with E-state index in [0.717, 1.165) is 0 Å². The number of aromatic nitrogens is 3. The standard InChI is InChI=1S/C18H17N5O4S2/c24-17(21-18-19-9-10-28-18)16(23-27-11-13-7-8-20-22-13)12-1-3-14(4-2-12)29(25,26)15-5-6-15/h1-4,7-10,15H,5-6,11H2,(H,20,22)(H,19,21,24). The van der Waals surface area contributed by atoms with Crippen LogP contribution in [0.4, 0.5) is 5.13 Å². The molecule has 2 N–H and O–H groups in total. The molecule has 9 nitrogen and oxygen atoms in total. The molecule has 0 spiro atoms. The van der Waals surface area contributed by atoms with E-state index in [9.17, 15) is 13.2 Å². The van der Waals surface area contributed by atoms with Gasteiger partial charge in [0.15, 0.2) is 27.3 Å². The van der Waals surface area contributed by atoms with E-state index >= 15 is 0 Å². The third-order valence-corrected chi connectivity index (χ3v) is 7.19. The number of thiazole rings is 1. The van der Waals surface area contributed by atoms with Crippen molar-refractivity contribution in [3.63, 3.8) is 0 Å². The molecule has 29 heavy (non-hydrogen) atoms. The number of nitrogens with zero attached hydrogens (tertiary/aromatic N) is 3. The Bertz CT molecular complexity index is 1100. The summed E-state index contributed by atoms with van der Waals surface area (Å²) < 4.78 is 24.7. The van der Waals surface area contributed by atoms with Crippen LogP contribution in [0.15, 0.2) is 58.2 Å². The highest BCUT2D eigenvalue weighted by molar-refractivity contribution is 7.92. The van der Waals surface area contributed by atoms with E-state index < -0.39 is 15.7 Å². The van der Waals surface area contributed by atoms with Crippen molar-refractivity contribution in [1.82, 2.24) is 15.2 Å². The van der Waals surface area contributed by atoms with E-state index in [1.54, 1.807) is 36.0 Å². The Hall–Kier alpha value is -3.05. The predicted molar refractivity (Wildman–Crippen MR) is 107 cm³/mol. The molecule has 1 aromatic carbocycles. The van der Waals surface area contributed by atoms with Gasteiger partial charge in [0.05, 0.1) is 15.8 Å². The van der Waals surface area contributed by atoms with E-state index in [2.05, 4.69) is 25.7 Å². The quantitative estimate of drug-likeness (QED) is 0.416. The summed E-state index contributed by atoms with van der Waals surface area (Å²) in [7, 11) is -3.31. The van der Waals surface area contributed by atoms with Crippen LogP contribution < -0.4 is 5.32 Å². The van der Waals surface area contributed by atoms with Gasteiger partial charge < -0.3 is 4.84 Å². The second-order valence-corrected chi connectivity index (χ2v) is 9.48. The maximum atomic E-state index is 12.7. The van der Waals surface area contributed by atoms with Gasteiger partial charge in [-0.1, -0.05) is 17.3 Å². The SMILES string of the molecule is O=C(Nc1nccs1)C(=NOCc1ccn[nH]1)c1ccc(S(=O)(=O)C2CC2)cc1. The first-order chi connectivity index (χ1) is 14.0. The first kappa shape index (κ1) is 19.3. The zero-order chi connectivity index (χ0) is 20.3. The number of aromatic amines is 1. The topological polar surface area (TPSA) is 126 Å². The lowest BCUT2D eigenvalue weighted by Gasteiger charge is -2.08. The average Bonchev–Trinajstić information content (AvgIpc) is 3.23. The van der Waals surface area contributed by atoms with E-state index in [-0.39, 0.29) is 22.5 Å². The van der Waals surface area contributed by atoms with Crippen LogP contribution >= 0.6 is 11.3 Å². The molecule has 1 fully saturated rings. The lowest BCUT2D eigenvalue weighted by atomic mass is 10.1. The monoisotopic (exact) mass is 431 g/mol. The Balaban J connectivity index is 1.57. The molecule has 1 amide bonds. The largest absolute Gasteiger partial charge is 0.389 e. The minimum Gasteiger partial charge on any atom is -0.389 e. The number of H-pyrrole nitrogens is 1. The van der Waals surface area contributed by atoms with Gasteiger partial charge >= 0.3 is 0 Å². The van der Waals surface area contributed by atoms with E-state index in [4.69, 9.17) is 4.84 Å². The Morgan fingerprint density at radius 2 is 2.03 bits per heavy atom. The molecule has 0 aliphatic heterocycles. The van der Waals surface area contributed by atoms with Crippen molar-refractivity contribution < 1.29 is 18.0 Å². The second kappa shape index (κ2) is 8.13. The minimum absolute atomic E-state index is 0.00934. The van der Waals surface area contributed by atoms with Gasteiger partial charge in [-0.15, -0.1) is 11.3 Å². The van der Waals surface area contributed by atoms with Gasteiger partial charge in [0.1, 0.15) is 0 Å². The molecule has 1 aliphatic carbocycles. The van der Waals surface area contributed by atoms with Gasteiger partial charge in [0.25, 0.3) is 5.91 Å². The van der Waals surface area contributed by atoms with Crippen LogP contribution in [0.2, 0.25) is 0 Å². The number of oxime groups is 1. The van der Waals surface area contributed by atoms with Crippen LogP contribution in [0.25, 0.3) is 0 Å². The smallest absolute Gasteiger partial charge is 0.280 e. The highest BCUT2D eigenvalue weighted by Gasteiger charge is 2.36. The number of rotatable bonds is 8. The van der Waals surface area contributed by atoms with Gasteiger partial charge in [0.2, 0.25) is 0 Å². The fourth-order valence-corrected chi connectivity index (χ4v) is 4.75. The molecule has 0 radical (unpaired) electrons. The highest BCUT2D eigenvalue weighted by atomic mass is 32.2. The molecule has 1 aliphatic rings. The summed E-state index contributed by atoms with van der Waals surface area (Å²) >= 11 is 1.27. The molecular formula is C18H17N5O4S2. The Kier molecular flexibility index (Phi) is 5.41. The van der Waals surface area contributed by atoms with E-state index in [1.165, 1.54) is 23.5 Å². The summed E-state index contributed by atoms with van der Waals surface area (Å²) in [5.41, 5.74) is 1.13. The maximum Gasteiger partial charge on any atom is 0.280 e. The van der Waals surface area contributed by atoms with Crippen LogP contribution in [-0.4, -0.2) is 40.5 Å². The van der Waals surface area contributed by atoms with Crippen LogP contribution in [0.1, 0.15) is 24.1 Å². The molecular weight excluding hydrogens is 414 g/mol. The van der Waals surface area contributed by atoms with Crippen molar-refractivity contribution in [3.05, 3.63) is 59.4 Å². The van der Waals surface area contributed by atoms with Crippen molar-refractivity contribution >= 4 is 37.9 Å². The Morgan fingerprint density at radius 3 is 2.66 bits per heavy atom. The van der Waals surface area contributed by atoms with E-state index in [1.807, 2.05) is 0 Å². The Labute approximate surface area is 170 Å². The lowest BCUT2D eigenvalue weighted by molar-refractivity contribution is -0.110. The van der Waals surface area contributed by atoms with Gasteiger partial charge in [-0.3, -0.25) is 15.2 Å². The zero-order valence-corrected chi connectivity index (χ0v) is 16.7. The highest BCUT2D eigenvalue weighted by Crippen LogP contribution is 2.33. The van der Waals surface area contributed by atoms with Gasteiger partial charge in [-0.2, -0.15) is 5.10 Å². The van der Waals surface area contributed by atoms with Gasteiger partial charge in [-0.25, -0.2) is 13.4 Å². The van der Waals surface area contributed by atoms with Crippen molar-refractivity contribution in [1.29, 1.82) is 0 Å². The molecule has 2 aromatic heterocycles. The molecule has 0 saturated heterocycles. The molecule has 0 bridgehead atoms. The summed E-state index contributed by atoms with van der Waals surface area (Å²) in [5.74, 6) is -0.512. The van der Waals surface area contributed by atoms with Crippen LogP contribution in [0.5, 0.6) is 0 Å². The summed E-state index contributed by atoms with van der Waals surface area (Å²) in [6, 6.07) is 7.81. The normalized spacial score (nSPS) is 14.6. The summed E-state index contributed by atoms with van der Waals surface area (Å²) in [4.78, 5) is 22.3. The second-order valence-electron chi connectivity index (χ2n) is 6.36. The molecule has 3 aromatic rings. The molecule has 11 heteroatoms. The zero-order valence-electron chi connectivity index (χ0n) is 15.1. The third kappa shape index (κ3) is 4.51. The van der Waals surface area contributed by atoms with Crippen LogP contribution in [0, 0.1) is 0 Å². The van der Waals surface area contributed by atoms with Crippen molar-refractivity contribution in [2.75, 3.05) is 5.32 Å². The number of hydrogen-bond acceptors (Lipinski definition) is 8. The number of benzene rings is 1. The summed E-state index contributed by atoms with van der Waals surface area (Å²) in [5, 5.41) is 15.0. The van der Waals surface area contributed by atoms with Crippen molar-refractivity contribution in [2.45, 2.75) is 29.6 Å². The lowest BCUT2D eigenvalue weighted by Crippen LogP contribution is -2.24. The number of nitrogens with one attached hydrogen (secondary N) is 2. The fourth-order valence-electron chi connectivity index (χ4n) is 2.57. The molecule has 0 atom stereocenters. The van der Waals surface area contributed by atoms with Crippen LogP contribution in [0.3, 0.4) is 0 Å². The summed E-state index contributed by atoms with van der Waals surface area (Å²) in [6.45, 7) is 0.0994. The Morgan fingerprint density at radius 1 is 1.24 bits per heavy atom. The molecule has 150 valence electrons. The van der Waals surface area contributed by atoms with Crippen molar-refractivity contribution in [2.24, 2.45) is 5.16 Å². The first-order valence-corrected chi connectivity index (χ1v) is 11.2. The molecule has 4 rings (SSSR count). The number of sulfone groups is 1. The number of anilines is 1.